The lowest BCUT2D eigenvalue weighted by atomic mass is 10.2. The van der Waals surface area contributed by atoms with Gasteiger partial charge in [0.25, 0.3) is 5.91 Å². The van der Waals surface area contributed by atoms with E-state index in [2.05, 4.69) is 21.1 Å². The molecule has 27 heavy (non-hydrogen) atoms. The predicted octanol–water partition coefficient (Wildman–Crippen LogP) is 3.27. The molecule has 8 heteroatoms. The predicted molar refractivity (Wildman–Crippen MR) is 105 cm³/mol. The fourth-order valence-corrected chi connectivity index (χ4v) is 4.16. The molecule has 1 fully saturated rings. The number of amides is 1. The van der Waals surface area contributed by atoms with E-state index in [-0.39, 0.29) is 5.91 Å². The van der Waals surface area contributed by atoms with Gasteiger partial charge in [0.2, 0.25) is 0 Å². The highest BCUT2D eigenvalue weighted by Crippen LogP contribution is 2.33. The summed E-state index contributed by atoms with van der Waals surface area (Å²) in [5.74, 6) is -0.0695. The van der Waals surface area contributed by atoms with Gasteiger partial charge in [-0.3, -0.25) is 4.79 Å². The number of nitrogens with zero attached hydrogens (tertiary/aromatic N) is 4. The normalized spacial score (nSPS) is 14.2. The number of carbonyl (C=O) groups excluding carboxylic acids is 1. The molecule has 0 unspecified atom stereocenters. The summed E-state index contributed by atoms with van der Waals surface area (Å²) in [6.07, 6.45) is 4.06. The zero-order valence-corrected chi connectivity index (χ0v) is 16.3. The molecular formula is C19H22N4O3S. The van der Waals surface area contributed by atoms with Crippen molar-refractivity contribution < 1.29 is 14.1 Å². The Labute approximate surface area is 161 Å². The monoisotopic (exact) mass is 386 g/mol. The first-order valence-electron chi connectivity index (χ1n) is 9.02. The molecule has 3 heterocycles. The Morgan fingerprint density at radius 2 is 2.19 bits per heavy atom. The molecule has 0 aliphatic carbocycles. The lowest BCUT2D eigenvalue weighted by Crippen LogP contribution is -2.29. The molecule has 142 valence electrons. The molecule has 1 saturated heterocycles. The van der Waals surface area contributed by atoms with Gasteiger partial charge < -0.3 is 19.1 Å². The summed E-state index contributed by atoms with van der Waals surface area (Å²) in [6, 6.07) is 6.17. The van der Waals surface area contributed by atoms with Crippen LogP contribution in [-0.4, -0.2) is 61.3 Å². The largest absolute Gasteiger partial charge is 0.383 e. The number of aromatic nitrogens is 2. The van der Waals surface area contributed by atoms with E-state index in [0.29, 0.717) is 28.7 Å². The molecule has 1 amide bonds. The summed E-state index contributed by atoms with van der Waals surface area (Å²) >= 11 is 1.33. The number of carbonyl (C=O) groups is 1. The van der Waals surface area contributed by atoms with Crippen LogP contribution >= 0.6 is 11.3 Å². The van der Waals surface area contributed by atoms with Crippen molar-refractivity contribution in [2.75, 3.05) is 45.3 Å². The molecule has 2 aromatic heterocycles. The van der Waals surface area contributed by atoms with E-state index in [9.17, 15) is 4.79 Å². The first kappa shape index (κ1) is 17.9. The second-order valence-electron chi connectivity index (χ2n) is 6.65. The summed E-state index contributed by atoms with van der Waals surface area (Å²) < 4.78 is 10.6. The van der Waals surface area contributed by atoms with Gasteiger partial charge in [0.05, 0.1) is 18.2 Å². The Balaban J connectivity index is 1.58. The summed E-state index contributed by atoms with van der Waals surface area (Å²) in [6.45, 7) is 3.21. The minimum atomic E-state index is -0.0695. The number of likely N-dealkylation sites (N-methyl/N-ethyl adjacent to an activating group) is 1. The Morgan fingerprint density at radius 3 is 2.96 bits per heavy atom. The van der Waals surface area contributed by atoms with Crippen LogP contribution in [-0.2, 0) is 4.74 Å². The van der Waals surface area contributed by atoms with Crippen LogP contribution in [0.1, 0.15) is 22.5 Å². The number of hydrogen-bond acceptors (Lipinski definition) is 7. The number of hydrogen-bond donors (Lipinski definition) is 0. The van der Waals surface area contributed by atoms with E-state index in [4.69, 9.17) is 9.26 Å². The van der Waals surface area contributed by atoms with Crippen LogP contribution in [0.2, 0.25) is 0 Å². The van der Waals surface area contributed by atoms with Crippen molar-refractivity contribution in [1.29, 1.82) is 0 Å². The zero-order chi connectivity index (χ0) is 18.8. The van der Waals surface area contributed by atoms with Gasteiger partial charge in [-0.05, 0) is 25.0 Å². The Kier molecular flexibility index (Phi) is 5.09. The maximum atomic E-state index is 12.5. The van der Waals surface area contributed by atoms with Crippen LogP contribution < -0.4 is 4.90 Å². The van der Waals surface area contributed by atoms with Crippen molar-refractivity contribution in [1.82, 2.24) is 15.0 Å². The summed E-state index contributed by atoms with van der Waals surface area (Å²) in [5, 5.41) is 5.81. The maximum Gasteiger partial charge on any atom is 0.265 e. The third-order valence-corrected chi connectivity index (χ3v) is 5.82. The number of thiazole rings is 1. The van der Waals surface area contributed by atoms with Gasteiger partial charge in [-0.1, -0.05) is 5.16 Å². The highest BCUT2D eigenvalue weighted by atomic mass is 32.1. The molecule has 0 atom stereocenters. The Morgan fingerprint density at radius 1 is 1.37 bits per heavy atom. The second kappa shape index (κ2) is 7.66. The molecule has 1 aliphatic rings. The maximum absolute atomic E-state index is 12.5. The summed E-state index contributed by atoms with van der Waals surface area (Å²) in [7, 11) is 3.38. The summed E-state index contributed by atoms with van der Waals surface area (Å²) in [5.41, 5.74) is 2.59. The van der Waals surface area contributed by atoms with E-state index in [1.807, 2.05) is 12.1 Å². The first-order chi connectivity index (χ1) is 13.2. The number of methoxy groups -OCH3 is 1. The minimum Gasteiger partial charge on any atom is -0.383 e. The van der Waals surface area contributed by atoms with Gasteiger partial charge >= 0.3 is 0 Å². The van der Waals surface area contributed by atoms with Gasteiger partial charge in [-0.15, -0.1) is 11.3 Å². The smallest absolute Gasteiger partial charge is 0.265 e. The van der Waals surface area contributed by atoms with Crippen LogP contribution in [0.15, 0.2) is 28.9 Å². The lowest BCUT2D eigenvalue weighted by molar-refractivity contribution is 0.0748. The molecule has 0 radical (unpaired) electrons. The van der Waals surface area contributed by atoms with Crippen molar-refractivity contribution in [3.8, 4) is 10.7 Å². The van der Waals surface area contributed by atoms with E-state index < -0.39 is 0 Å². The molecule has 3 aromatic rings. The molecular weight excluding hydrogens is 364 g/mol. The molecule has 4 rings (SSSR count). The van der Waals surface area contributed by atoms with Gasteiger partial charge in [0.1, 0.15) is 15.6 Å². The zero-order valence-electron chi connectivity index (χ0n) is 15.5. The van der Waals surface area contributed by atoms with Gasteiger partial charge in [-0.2, -0.15) is 0 Å². The van der Waals surface area contributed by atoms with Crippen molar-refractivity contribution in [2.24, 2.45) is 0 Å². The highest BCUT2D eigenvalue weighted by molar-refractivity contribution is 7.17. The lowest BCUT2D eigenvalue weighted by Gasteiger charge is -2.16. The molecule has 7 nitrogen and oxygen atoms in total. The van der Waals surface area contributed by atoms with E-state index >= 15 is 0 Å². The van der Waals surface area contributed by atoms with Crippen LogP contribution in [0, 0.1) is 0 Å². The van der Waals surface area contributed by atoms with E-state index in [1.165, 1.54) is 24.2 Å². The summed E-state index contributed by atoms with van der Waals surface area (Å²) in [4.78, 5) is 21.4. The van der Waals surface area contributed by atoms with Crippen LogP contribution in [0.5, 0.6) is 0 Å². The van der Waals surface area contributed by atoms with Gasteiger partial charge in [0, 0.05) is 45.5 Å². The SMILES string of the molecule is COCCN(C)C(=O)c1cnc(-c2noc3cc(N4CCCC4)ccc23)s1. The fraction of sp³-hybridized carbons (Fsp3) is 0.421. The highest BCUT2D eigenvalue weighted by Gasteiger charge is 2.20. The minimum absolute atomic E-state index is 0.0695. The van der Waals surface area contributed by atoms with Crippen molar-refractivity contribution >= 4 is 33.9 Å². The fourth-order valence-electron chi connectivity index (χ4n) is 3.25. The molecule has 1 aliphatic heterocycles. The van der Waals surface area contributed by atoms with Crippen LogP contribution in [0.4, 0.5) is 5.69 Å². The Hall–Kier alpha value is -2.45. The van der Waals surface area contributed by atoms with Crippen molar-refractivity contribution in [3.63, 3.8) is 0 Å². The van der Waals surface area contributed by atoms with Gasteiger partial charge in [-0.25, -0.2) is 4.98 Å². The van der Waals surface area contributed by atoms with Crippen molar-refractivity contribution in [2.45, 2.75) is 12.8 Å². The second-order valence-corrected chi connectivity index (χ2v) is 7.69. The molecule has 0 N–H and O–H groups in total. The third-order valence-electron chi connectivity index (χ3n) is 4.82. The number of anilines is 1. The number of rotatable bonds is 6. The standard InChI is InChI=1S/C19H22N4O3S/c1-22(9-10-25-2)19(24)16-12-20-18(27-16)17-14-6-5-13(11-15(14)26-21-17)23-7-3-4-8-23/h5-6,11-12H,3-4,7-10H2,1-2H3. The van der Waals surface area contributed by atoms with E-state index in [1.54, 1.807) is 25.3 Å². The molecule has 0 bridgehead atoms. The van der Waals surface area contributed by atoms with Gasteiger partial charge in [0.15, 0.2) is 5.58 Å². The first-order valence-corrected chi connectivity index (χ1v) is 9.84. The van der Waals surface area contributed by atoms with Crippen LogP contribution in [0.25, 0.3) is 21.7 Å². The molecule has 0 saturated carbocycles. The molecule has 0 spiro atoms. The quantitative estimate of drug-likeness (QED) is 0.647. The Bertz CT molecular complexity index is 945. The van der Waals surface area contributed by atoms with Crippen molar-refractivity contribution in [3.05, 3.63) is 29.3 Å². The van der Waals surface area contributed by atoms with E-state index in [0.717, 1.165) is 29.7 Å². The third kappa shape index (κ3) is 3.54. The number of fused-ring (bicyclic) bond motifs is 1. The average molecular weight is 386 g/mol. The topological polar surface area (TPSA) is 71.7 Å². The average Bonchev–Trinajstić information content (AvgIpc) is 3.44. The van der Waals surface area contributed by atoms with Crippen LogP contribution in [0.3, 0.4) is 0 Å². The number of ether oxygens (including phenoxy) is 1. The number of benzene rings is 1. The molecule has 1 aromatic carbocycles.